The molecule has 12 heteroatoms. The Morgan fingerprint density at radius 1 is 0.946 bits per heavy atom. The standard InChI is InChI=1S/C25H20F6N6/c1-14(2)11-32-13-21-36-19-10-15(22-18(24(26,27)28)4-3-9-33-22)5-7-17(19)23(37-21)35-16-6-8-20(34-12-16)25(29,30)31/h3-10,12,32H,1,11,13H2,2H3,(H,35,36,37). The van der Waals surface area contributed by atoms with Crippen LogP contribution in [0.3, 0.4) is 0 Å². The maximum atomic E-state index is 13.6. The van der Waals surface area contributed by atoms with E-state index in [1.165, 1.54) is 36.5 Å². The predicted molar refractivity (Wildman–Crippen MR) is 127 cm³/mol. The molecule has 3 aromatic heterocycles. The van der Waals surface area contributed by atoms with Crippen LogP contribution in [0.5, 0.6) is 0 Å². The Kier molecular flexibility index (Phi) is 7.12. The van der Waals surface area contributed by atoms with Crippen LogP contribution in [0.15, 0.2) is 67.0 Å². The van der Waals surface area contributed by atoms with E-state index in [9.17, 15) is 26.3 Å². The van der Waals surface area contributed by atoms with Gasteiger partial charge in [0.2, 0.25) is 0 Å². The first-order valence-corrected chi connectivity index (χ1v) is 10.9. The first-order valence-electron chi connectivity index (χ1n) is 10.9. The molecule has 0 atom stereocenters. The number of halogens is 6. The van der Waals surface area contributed by atoms with E-state index in [1.807, 2.05) is 6.92 Å². The van der Waals surface area contributed by atoms with E-state index in [1.54, 1.807) is 0 Å². The quantitative estimate of drug-likeness (QED) is 0.214. The molecule has 3 heterocycles. The van der Waals surface area contributed by atoms with Crippen LogP contribution in [-0.4, -0.2) is 26.5 Å². The lowest BCUT2D eigenvalue weighted by Crippen LogP contribution is -2.17. The number of rotatable bonds is 7. The number of nitrogens with one attached hydrogen (secondary N) is 2. The minimum atomic E-state index is -4.61. The third-order valence-electron chi connectivity index (χ3n) is 5.16. The van der Waals surface area contributed by atoms with E-state index < -0.39 is 23.6 Å². The summed E-state index contributed by atoms with van der Waals surface area (Å²) in [5.41, 5.74) is -0.562. The Bertz CT molecular complexity index is 1430. The van der Waals surface area contributed by atoms with Gasteiger partial charge in [-0.2, -0.15) is 26.3 Å². The van der Waals surface area contributed by atoms with Crippen molar-refractivity contribution in [3.8, 4) is 11.3 Å². The average molecular weight is 518 g/mol. The number of hydrogen-bond acceptors (Lipinski definition) is 6. The van der Waals surface area contributed by atoms with Crippen molar-refractivity contribution in [3.05, 3.63) is 84.1 Å². The lowest BCUT2D eigenvalue weighted by atomic mass is 10.0. The van der Waals surface area contributed by atoms with Gasteiger partial charge < -0.3 is 10.6 Å². The molecule has 0 radical (unpaired) electrons. The van der Waals surface area contributed by atoms with Crippen LogP contribution >= 0.6 is 0 Å². The fourth-order valence-corrected chi connectivity index (χ4v) is 3.52. The molecule has 0 fully saturated rings. The summed E-state index contributed by atoms with van der Waals surface area (Å²) in [5.74, 6) is 0.563. The topological polar surface area (TPSA) is 75.6 Å². The van der Waals surface area contributed by atoms with Gasteiger partial charge in [0.25, 0.3) is 0 Å². The zero-order chi connectivity index (χ0) is 26.8. The van der Waals surface area contributed by atoms with Crippen molar-refractivity contribution >= 4 is 22.4 Å². The van der Waals surface area contributed by atoms with Gasteiger partial charge in [-0.05, 0) is 43.3 Å². The molecule has 0 unspecified atom stereocenters. The first kappa shape index (κ1) is 26.0. The highest BCUT2D eigenvalue weighted by molar-refractivity contribution is 5.93. The Hall–Kier alpha value is -4.06. The average Bonchev–Trinajstić information content (AvgIpc) is 2.83. The van der Waals surface area contributed by atoms with E-state index in [0.717, 1.165) is 23.9 Å². The third-order valence-corrected chi connectivity index (χ3v) is 5.16. The Morgan fingerprint density at radius 2 is 1.73 bits per heavy atom. The van der Waals surface area contributed by atoms with Crippen LogP contribution in [0.4, 0.5) is 37.8 Å². The van der Waals surface area contributed by atoms with E-state index in [2.05, 4.69) is 37.1 Å². The zero-order valence-corrected chi connectivity index (χ0v) is 19.4. The summed E-state index contributed by atoms with van der Waals surface area (Å²) in [6.45, 7) is 6.33. The molecule has 0 amide bonds. The zero-order valence-electron chi connectivity index (χ0n) is 19.4. The van der Waals surface area contributed by atoms with E-state index in [-0.39, 0.29) is 29.3 Å². The molecule has 2 N–H and O–H groups in total. The predicted octanol–water partition coefficient (Wildman–Crippen LogP) is 6.53. The number of aromatic nitrogens is 4. The molecular weight excluding hydrogens is 498 g/mol. The van der Waals surface area contributed by atoms with E-state index in [0.29, 0.717) is 23.3 Å². The molecule has 192 valence electrons. The highest BCUT2D eigenvalue weighted by Crippen LogP contribution is 2.37. The largest absolute Gasteiger partial charge is 0.433 e. The molecule has 0 aliphatic carbocycles. The number of alkyl halides is 6. The second-order valence-corrected chi connectivity index (χ2v) is 8.23. The van der Waals surface area contributed by atoms with Crippen molar-refractivity contribution in [2.24, 2.45) is 0 Å². The molecule has 0 saturated carbocycles. The van der Waals surface area contributed by atoms with Crippen LogP contribution in [0.25, 0.3) is 22.2 Å². The Morgan fingerprint density at radius 3 is 2.38 bits per heavy atom. The van der Waals surface area contributed by atoms with Gasteiger partial charge in [0, 0.05) is 23.7 Å². The number of anilines is 2. The van der Waals surface area contributed by atoms with Crippen molar-refractivity contribution in [2.45, 2.75) is 25.8 Å². The van der Waals surface area contributed by atoms with Crippen LogP contribution in [-0.2, 0) is 18.9 Å². The summed E-state index contributed by atoms with van der Waals surface area (Å²) in [6.07, 6.45) is -6.90. The normalized spacial score (nSPS) is 12.1. The summed E-state index contributed by atoms with van der Waals surface area (Å²) in [6, 6.07) is 8.65. The van der Waals surface area contributed by atoms with Crippen molar-refractivity contribution in [1.82, 2.24) is 25.3 Å². The van der Waals surface area contributed by atoms with Crippen LogP contribution in [0, 0.1) is 0 Å². The highest BCUT2D eigenvalue weighted by Gasteiger charge is 2.34. The fourth-order valence-electron chi connectivity index (χ4n) is 3.52. The second-order valence-electron chi connectivity index (χ2n) is 8.23. The van der Waals surface area contributed by atoms with Gasteiger partial charge in [0.05, 0.1) is 35.2 Å². The maximum absolute atomic E-state index is 13.6. The van der Waals surface area contributed by atoms with Gasteiger partial charge in [-0.25, -0.2) is 15.0 Å². The number of nitrogens with zero attached hydrogens (tertiary/aromatic N) is 4. The number of fused-ring (bicyclic) bond motifs is 1. The van der Waals surface area contributed by atoms with Gasteiger partial charge >= 0.3 is 12.4 Å². The Labute approximate surface area is 207 Å². The minimum Gasteiger partial charge on any atom is -0.338 e. The summed E-state index contributed by atoms with van der Waals surface area (Å²) in [5, 5.41) is 6.49. The van der Waals surface area contributed by atoms with Crippen molar-refractivity contribution in [3.63, 3.8) is 0 Å². The number of hydrogen-bond donors (Lipinski definition) is 2. The summed E-state index contributed by atoms with van der Waals surface area (Å²) < 4.78 is 79.3. The fraction of sp³-hybridized carbons (Fsp3) is 0.200. The van der Waals surface area contributed by atoms with Gasteiger partial charge in [-0.15, -0.1) is 0 Å². The molecule has 0 bridgehead atoms. The van der Waals surface area contributed by atoms with Crippen LogP contribution in [0.2, 0.25) is 0 Å². The lowest BCUT2D eigenvalue weighted by Gasteiger charge is -2.14. The van der Waals surface area contributed by atoms with E-state index in [4.69, 9.17) is 0 Å². The van der Waals surface area contributed by atoms with Crippen LogP contribution < -0.4 is 10.6 Å². The van der Waals surface area contributed by atoms with Crippen molar-refractivity contribution in [2.75, 3.05) is 11.9 Å². The number of pyridine rings is 2. The van der Waals surface area contributed by atoms with Crippen LogP contribution in [0.1, 0.15) is 24.0 Å². The first-order chi connectivity index (χ1) is 17.4. The molecule has 37 heavy (non-hydrogen) atoms. The molecule has 0 aliphatic rings. The van der Waals surface area contributed by atoms with Gasteiger partial charge in [0.1, 0.15) is 17.3 Å². The molecule has 6 nitrogen and oxygen atoms in total. The molecule has 4 rings (SSSR count). The van der Waals surface area contributed by atoms with Gasteiger partial charge in [-0.1, -0.05) is 18.2 Å². The molecule has 4 aromatic rings. The van der Waals surface area contributed by atoms with Crippen molar-refractivity contribution in [1.29, 1.82) is 0 Å². The SMILES string of the molecule is C=C(C)CNCc1nc(Nc2ccc(C(F)(F)F)nc2)c2ccc(-c3ncccc3C(F)(F)F)cc2n1. The highest BCUT2D eigenvalue weighted by atomic mass is 19.4. The Balaban J connectivity index is 1.77. The van der Waals surface area contributed by atoms with Crippen molar-refractivity contribution < 1.29 is 26.3 Å². The molecular formula is C25H20F6N6. The molecule has 1 aromatic carbocycles. The third kappa shape index (κ3) is 6.20. The van der Waals surface area contributed by atoms with E-state index >= 15 is 0 Å². The molecule has 0 saturated heterocycles. The molecule has 0 aliphatic heterocycles. The molecule has 0 spiro atoms. The summed E-state index contributed by atoms with van der Waals surface area (Å²) >= 11 is 0. The summed E-state index contributed by atoms with van der Waals surface area (Å²) in [4.78, 5) is 16.3. The lowest BCUT2D eigenvalue weighted by molar-refractivity contribution is -0.141. The second kappa shape index (κ2) is 10.1. The smallest absolute Gasteiger partial charge is 0.338 e. The van der Waals surface area contributed by atoms with Gasteiger partial charge in [-0.3, -0.25) is 4.98 Å². The minimum absolute atomic E-state index is 0.196. The number of benzene rings is 1. The maximum Gasteiger partial charge on any atom is 0.433 e. The van der Waals surface area contributed by atoms with Gasteiger partial charge in [0.15, 0.2) is 0 Å². The monoisotopic (exact) mass is 518 g/mol. The summed E-state index contributed by atoms with van der Waals surface area (Å²) in [7, 11) is 0.